The molecule has 0 spiro atoms. The van der Waals surface area contributed by atoms with Crippen LogP contribution in [0.3, 0.4) is 0 Å². The van der Waals surface area contributed by atoms with Crippen LogP contribution in [-0.2, 0) is 4.79 Å². The molecule has 192 valence electrons. The van der Waals surface area contributed by atoms with Crippen molar-refractivity contribution in [2.45, 2.75) is 117 Å². The summed E-state index contributed by atoms with van der Waals surface area (Å²) < 4.78 is 0. The zero-order valence-corrected chi connectivity index (χ0v) is 22.9. The first-order valence-corrected chi connectivity index (χ1v) is 14.6. The third-order valence-electron chi connectivity index (χ3n) is 9.55. The molecule has 0 aliphatic heterocycles. The lowest BCUT2D eigenvalue weighted by atomic mass is 9.55. The highest BCUT2D eigenvalue weighted by Gasteiger charge is 2.55. The van der Waals surface area contributed by atoms with Gasteiger partial charge in [-0.1, -0.05) is 83.4 Å². The molecular formula is C33H48O2. The van der Waals surface area contributed by atoms with Crippen LogP contribution in [-0.4, -0.2) is 17.0 Å². The van der Waals surface area contributed by atoms with Gasteiger partial charge in [0.25, 0.3) is 0 Å². The standard InChI is InChI=1S/C31H42O2.C2H6/c1-4-5-25(32)17-22-8-13-26-27(18-22)28(19-31(3)29(26)14-15-30(31)33)24-11-9-23(10-12-24)20(2)16-21-6-7-21;1-2/h9-12,17-18,20-21,26,28-30,33H,4-8,13-16,19H2,1-3H3;1-2H3/b22-17-;. The molecule has 0 amide bonds. The van der Waals surface area contributed by atoms with E-state index in [4.69, 9.17) is 0 Å². The molecule has 4 aliphatic carbocycles. The van der Waals surface area contributed by atoms with E-state index in [1.54, 1.807) is 0 Å². The average molecular weight is 477 g/mol. The fraction of sp³-hybridized carbons (Fsp3) is 0.667. The first-order chi connectivity index (χ1) is 16.9. The first-order valence-electron chi connectivity index (χ1n) is 14.6. The Morgan fingerprint density at radius 3 is 2.49 bits per heavy atom. The van der Waals surface area contributed by atoms with Gasteiger partial charge in [-0.3, -0.25) is 4.79 Å². The summed E-state index contributed by atoms with van der Waals surface area (Å²) in [4.78, 5) is 12.3. The van der Waals surface area contributed by atoms with Crippen LogP contribution in [0.25, 0.3) is 0 Å². The molecule has 6 atom stereocenters. The van der Waals surface area contributed by atoms with E-state index in [-0.39, 0.29) is 17.3 Å². The van der Waals surface area contributed by atoms with Crippen molar-refractivity contribution in [2.24, 2.45) is 23.2 Å². The van der Waals surface area contributed by atoms with E-state index in [1.165, 1.54) is 41.5 Å². The minimum atomic E-state index is -0.188. The summed E-state index contributed by atoms with van der Waals surface area (Å²) in [6, 6.07) is 9.46. The zero-order chi connectivity index (χ0) is 25.2. The predicted molar refractivity (Wildman–Crippen MR) is 147 cm³/mol. The molecule has 2 nitrogen and oxygen atoms in total. The summed E-state index contributed by atoms with van der Waals surface area (Å²) in [5, 5.41) is 11.0. The number of rotatable bonds is 7. The van der Waals surface area contributed by atoms with Gasteiger partial charge in [-0.15, -0.1) is 0 Å². The quantitative estimate of drug-likeness (QED) is 0.400. The van der Waals surface area contributed by atoms with Crippen LogP contribution in [0.1, 0.15) is 122 Å². The minimum absolute atomic E-state index is 0.00383. The average Bonchev–Trinajstić information content (AvgIpc) is 3.63. The molecule has 6 unspecified atom stereocenters. The monoisotopic (exact) mass is 476 g/mol. The maximum absolute atomic E-state index is 12.3. The number of benzene rings is 1. The van der Waals surface area contributed by atoms with Gasteiger partial charge in [-0.2, -0.15) is 0 Å². The first kappa shape index (κ1) is 26.4. The fourth-order valence-electron chi connectivity index (χ4n) is 7.42. The van der Waals surface area contributed by atoms with Gasteiger partial charge in [0, 0.05) is 12.3 Å². The summed E-state index contributed by atoms with van der Waals surface area (Å²) in [6.45, 7) is 10.8. The Labute approximate surface area is 214 Å². The SMILES string of the molecule is CC.CCCC(=O)/C=C1\C=C2C(c3ccc(C(C)CC4CC4)cc3)CC3(C)C(O)CCC3C2CC1. The highest BCUT2D eigenvalue weighted by atomic mass is 16.3. The molecule has 2 heteroatoms. The van der Waals surface area contributed by atoms with Crippen molar-refractivity contribution in [1.29, 1.82) is 0 Å². The number of carbonyl (C=O) groups excluding carboxylic acids is 1. The number of aliphatic hydroxyl groups is 1. The zero-order valence-electron chi connectivity index (χ0n) is 22.9. The van der Waals surface area contributed by atoms with E-state index >= 15 is 0 Å². The number of aliphatic hydroxyl groups excluding tert-OH is 1. The number of carbonyl (C=O) groups is 1. The van der Waals surface area contributed by atoms with Crippen LogP contribution < -0.4 is 0 Å². The van der Waals surface area contributed by atoms with Gasteiger partial charge in [0.15, 0.2) is 5.78 Å². The van der Waals surface area contributed by atoms with Gasteiger partial charge < -0.3 is 5.11 Å². The van der Waals surface area contributed by atoms with Crippen molar-refractivity contribution < 1.29 is 9.90 Å². The number of allylic oxidation sites excluding steroid dienone is 4. The van der Waals surface area contributed by atoms with Crippen molar-refractivity contribution in [3.8, 4) is 0 Å². The van der Waals surface area contributed by atoms with E-state index in [0.29, 0.717) is 30.1 Å². The van der Waals surface area contributed by atoms with E-state index in [9.17, 15) is 9.90 Å². The smallest absolute Gasteiger partial charge is 0.155 e. The van der Waals surface area contributed by atoms with Gasteiger partial charge in [-0.25, -0.2) is 0 Å². The maximum atomic E-state index is 12.3. The molecule has 35 heavy (non-hydrogen) atoms. The Balaban J connectivity index is 0.00000141. The Morgan fingerprint density at radius 1 is 1.11 bits per heavy atom. The van der Waals surface area contributed by atoms with Crippen molar-refractivity contribution in [3.63, 3.8) is 0 Å². The Hall–Kier alpha value is -1.67. The summed E-state index contributed by atoms with van der Waals surface area (Å²) in [7, 11) is 0. The fourth-order valence-corrected chi connectivity index (χ4v) is 7.42. The molecule has 1 aromatic carbocycles. The second kappa shape index (κ2) is 11.2. The van der Waals surface area contributed by atoms with Crippen molar-refractivity contribution in [2.75, 3.05) is 0 Å². The van der Waals surface area contributed by atoms with Crippen LogP contribution >= 0.6 is 0 Å². The van der Waals surface area contributed by atoms with Crippen LogP contribution in [0.2, 0.25) is 0 Å². The van der Waals surface area contributed by atoms with Gasteiger partial charge in [-0.05, 0) is 96.8 Å². The molecule has 0 aromatic heterocycles. The largest absolute Gasteiger partial charge is 0.393 e. The lowest BCUT2D eigenvalue weighted by Crippen LogP contribution is -2.44. The summed E-state index contributed by atoms with van der Waals surface area (Å²) >= 11 is 0. The highest BCUT2D eigenvalue weighted by molar-refractivity contribution is 5.90. The third-order valence-corrected chi connectivity index (χ3v) is 9.55. The lowest BCUT2D eigenvalue weighted by molar-refractivity contribution is -0.114. The highest BCUT2D eigenvalue weighted by Crippen LogP contribution is 2.62. The molecule has 0 saturated heterocycles. The molecule has 3 saturated carbocycles. The summed E-state index contributed by atoms with van der Waals surface area (Å²) in [5.41, 5.74) is 5.62. The van der Waals surface area contributed by atoms with Crippen LogP contribution in [0.5, 0.6) is 0 Å². The number of fused-ring (bicyclic) bond motifs is 3. The molecule has 4 aliphatic rings. The van der Waals surface area contributed by atoms with Gasteiger partial charge >= 0.3 is 0 Å². The minimum Gasteiger partial charge on any atom is -0.393 e. The number of hydrogen-bond donors (Lipinski definition) is 1. The van der Waals surface area contributed by atoms with E-state index in [2.05, 4.69) is 51.1 Å². The van der Waals surface area contributed by atoms with E-state index in [0.717, 1.165) is 44.4 Å². The Bertz CT molecular complexity index is 934. The van der Waals surface area contributed by atoms with Gasteiger partial charge in [0.2, 0.25) is 0 Å². The molecule has 5 rings (SSSR count). The van der Waals surface area contributed by atoms with Gasteiger partial charge in [0.05, 0.1) is 6.10 Å². The van der Waals surface area contributed by atoms with E-state index in [1.807, 2.05) is 19.9 Å². The molecule has 0 heterocycles. The van der Waals surface area contributed by atoms with Crippen molar-refractivity contribution in [3.05, 3.63) is 58.7 Å². The van der Waals surface area contributed by atoms with Crippen molar-refractivity contribution in [1.82, 2.24) is 0 Å². The maximum Gasteiger partial charge on any atom is 0.155 e. The molecule has 3 fully saturated rings. The third kappa shape index (κ3) is 5.53. The topological polar surface area (TPSA) is 37.3 Å². The predicted octanol–water partition coefficient (Wildman–Crippen LogP) is 8.51. The summed E-state index contributed by atoms with van der Waals surface area (Å²) in [5.74, 6) is 3.32. The molecule has 0 bridgehead atoms. The van der Waals surface area contributed by atoms with Crippen molar-refractivity contribution >= 4 is 5.78 Å². The van der Waals surface area contributed by atoms with Crippen LogP contribution in [0.15, 0.2) is 47.6 Å². The number of hydrogen-bond acceptors (Lipinski definition) is 2. The van der Waals surface area contributed by atoms with Crippen LogP contribution in [0, 0.1) is 23.2 Å². The molecule has 1 N–H and O–H groups in total. The number of ketones is 1. The Kier molecular flexibility index (Phi) is 8.41. The Morgan fingerprint density at radius 2 is 1.83 bits per heavy atom. The van der Waals surface area contributed by atoms with E-state index < -0.39 is 0 Å². The second-order valence-electron chi connectivity index (χ2n) is 11.9. The molecule has 0 radical (unpaired) electrons. The summed E-state index contributed by atoms with van der Waals surface area (Å²) in [6.07, 6.45) is 15.0. The molecular weight excluding hydrogens is 428 g/mol. The van der Waals surface area contributed by atoms with Gasteiger partial charge in [0.1, 0.15) is 0 Å². The molecule has 1 aromatic rings. The normalized spacial score (nSPS) is 33.8. The lowest BCUT2D eigenvalue weighted by Gasteiger charge is -2.50. The van der Waals surface area contributed by atoms with Crippen LogP contribution in [0.4, 0.5) is 0 Å². The second-order valence-corrected chi connectivity index (χ2v) is 11.9.